The zero-order valence-electron chi connectivity index (χ0n) is 16.6. The molecule has 4 heteroatoms. The number of ether oxygens (including phenoxy) is 1. The van der Waals surface area contributed by atoms with Gasteiger partial charge < -0.3 is 15.0 Å². The maximum absolute atomic E-state index is 5.91. The lowest BCUT2D eigenvalue weighted by Gasteiger charge is -2.15. The molecule has 4 nitrogen and oxygen atoms in total. The Labute approximate surface area is 171 Å². The fourth-order valence-electron chi connectivity index (χ4n) is 3.44. The summed E-state index contributed by atoms with van der Waals surface area (Å²) in [6, 6.07) is 28.8. The zero-order valence-corrected chi connectivity index (χ0v) is 16.6. The Bertz CT molecular complexity index is 1070. The molecule has 0 aliphatic heterocycles. The van der Waals surface area contributed by atoms with Crippen LogP contribution in [0.4, 0.5) is 5.82 Å². The summed E-state index contributed by atoms with van der Waals surface area (Å²) >= 11 is 0. The summed E-state index contributed by atoms with van der Waals surface area (Å²) in [5.74, 6) is 1.43. The van der Waals surface area contributed by atoms with Gasteiger partial charge in [0.1, 0.15) is 11.6 Å². The number of benzene rings is 2. The van der Waals surface area contributed by atoms with Crippen LogP contribution in [0.15, 0.2) is 84.9 Å². The molecule has 0 fully saturated rings. The van der Waals surface area contributed by atoms with Gasteiger partial charge in [-0.3, -0.25) is 0 Å². The van der Waals surface area contributed by atoms with Crippen LogP contribution in [0.1, 0.15) is 19.0 Å². The Morgan fingerprint density at radius 3 is 2.14 bits per heavy atom. The van der Waals surface area contributed by atoms with Gasteiger partial charge in [-0.15, -0.1) is 0 Å². The summed E-state index contributed by atoms with van der Waals surface area (Å²) in [4.78, 5) is 4.50. The first-order chi connectivity index (χ1) is 14.2. The molecule has 0 bridgehead atoms. The van der Waals surface area contributed by atoms with Crippen molar-refractivity contribution in [3.8, 4) is 28.3 Å². The molecule has 4 rings (SSSR count). The molecule has 0 radical (unpaired) electrons. The maximum Gasteiger partial charge on any atom is 0.123 e. The molecule has 2 aromatic heterocycles. The van der Waals surface area contributed by atoms with Gasteiger partial charge in [-0.1, -0.05) is 43.3 Å². The van der Waals surface area contributed by atoms with Crippen molar-refractivity contribution >= 4 is 5.82 Å². The van der Waals surface area contributed by atoms with E-state index < -0.39 is 0 Å². The highest BCUT2D eigenvalue weighted by molar-refractivity contribution is 5.70. The van der Waals surface area contributed by atoms with E-state index in [1.807, 2.05) is 36.4 Å². The normalized spacial score (nSPS) is 10.8. The minimum atomic E-state index is 0.537. The first kappa shape index (κ1) is 18.8. The van der Waals surface area contributed by atoms with E-state index in [1.54, 1.807) is 0 Å². The Kier molecular flexibility index (Phi) is 5.61. The van der Waals surface area contributed by atoms with E-state index in [1.165, 1.54) is 5.56 Å². The smallest absolute Gasteiger partial charge is 0.123 e. The molecule has 29 heavy (non-hydrogen) atoms. The minimum Gasteiger partial charge on any atom is -0.494 e. The molecular formula is C25H25N3O. The Morgan fingerprint density at radius 2 is 1.48 bits per heavy atom. The number of anilines is 1. The predicted molar refractivity (Wildman–Crippen MR) is 119 cm³/mol. The van der Waals surface area contributed by atoms with E-state index in [0.717, 1.165) is 41.4 Å². The molecule has 0 atom stereocenters. The second-order valence-electron chi connectivity index (χ2n) is 6.98. The first-order valence-electron chi connectivity index (χ1n) is 9.94. The molecule has 0 saturated heterocycles. The molecule has 0 unspecified atom stereocenters. The van der Waals surface area contributed by atoms with Crippen molar-refractivity contribution in [1.82, 2.24) is 9.55 Å². The highest BCUT2D eigenvalue weighted by atomic mass is 16.5. The fourth-order valence-corrected chi connectivity index (χ4v) is 3.44. The summed E-state index contributed by atoms with van der Waals surface area (Å²) in [5, 5.41) is 0. The van der Waals surface area contributed by atoms with Crippen LogP contribution in [0.2, 0.25) is 0 Å². The van der Waals surface area contributed by atoms with Crippen molar-refractivity contribution in [3.05, 3.63) is 90.6 Å². The Hall–Kier alpha value is -3.53. The number of aromatic nitrogens is 2. The van der Waals surface area contributed by atoms with E-state index in [0.29, 0.717) is 12.4 Å². The second kappa shape index (κ2) is 8.65. The SMILES string of the molecule is CCCOc1ccc(-c2ccc(-c3ccccc3)n2Cc2cccc(N)n2)cc1. The van der Waals surface area contributed by atoms with Gasteiger partial charge in [0, 0.05) is 11.4 Å². The van der Waals surface area contributed by atoms with Gasteiger partial charge in [-0.25, -0.2) is 4.98 Å². The van der Waals surface area contributed by atoms with Crippen molar-refractivity contribution < 1.29 is 4.74 Å². The molecule has 146 valence electrons. The predicted octanol–water partition coefficient (Wildman–Crippen LogP) is 5.64. The lowest BCUT2D eigenvalue weighted by atomic mass is 10.1. The number of hydrogen-bond acceptors (Lipinski definition) is 3. The van der Waals surface area contributed by atoms with Gasteiger partial charge in [0.15, 0.2) is 0 Å². The average molecular weight is 383 g/mol. The Morgan fingerprint density at radius 1 is 0.793 bits per heavy atom. The zero-order chi connectivity index (χ0) is 20.1. The fraction of sp³-hybridized carbons (Fsp3) is 0.160. The summed E-state index contributed by atoms with van der Waals surface area (Å²) in [6.07, 6.45) is 0.998. The van der Waals surface area contributed by atoms with Crippen molar-refractivity contribution in [3.63, 3.8) is 0 Å². The van der Waals surface area contributed by atoms with Gasteiger partial charge in [-0.2, -0.15) is 0 Å². The largest absolute Gasteiger partial charge is 0.494 e. The van der Waals surface area contributed by atoms with Crippen LogP contribution in [-0.2, 0) is 6.54 Å². The molecule has 2 aromatic carbocycles. The molecule has 0 spiro atoms. The van der Waals surface area contributed by atoms with Crippen molar-refractivity contribution in [2.75, 3.05) is 12.3 Å². The van der Waals surface area contributed by atoms with E-state index in [9.17, 15) is 0 Å². The number of nitrogens with two attached hydrogens (primary N) is 1. The summed E-state index contributed by atoms with van der Waals surface area (Å²) < 4.78 is 8.02. The highest BCUT2D eigenvalue weighted by Crippen LogP contribution is 2.31. The van der Waals surface area contributed by atoms with Crippen LogP contribution < -0.4 is 10.5 Å². The van der Waals surface area contributed by atoms with Crippen LogP contribution in [-0.4, -0.2) is 16.2 Å². The number of hydrogen-bond donors (Lipinski definition) is 1. The molecule has 0 aliphatic carbocycles. The lowest BCUT2D eigenvalue weighted by Crippen LogP contribution is -2.06. The third-order valence-electron chi connectivity index (χ3n) is 4.82. The van der Waals surface area contributed by atoms with Gasteiger partial charge in [0.05, 0.1) is 18.8 Å². The lowest BCUT2D eigenvalue weighted by molar-refractivity contribution is 0.317. The van der Waals surface area contributed by atoms with E-state index >= 15 is 0 Å². The summed E-state index contributed by atoms with van der Waals surface area (Å²) in [6.45, 7) is 3.48. The van der Waals surface area contributed by atoms with Crippen molar-refractivity contribution in [1.29, 1.82) is 0 Å². The van der Waals surface area contributed by atoms with Crippen LogP contribution in [0, 0.1) is 0 Å². The number of nitrogens with zero attached hydrogens (tertiary/aromatic N) is 2. The molecule has 0 aliphatic rings. The van der Waals surface area contributed by atoms with Gasteiger partial charge >= 0.3 is 0 Å². The van der Waals surface area contributed by atoms with Gasteiger partial charge in [0.2, 0.25) is 0 Å². The third-order valence-corrected chi connectivity index (χ3v) is 4.82. The van der Waals surface area contributed by atoms with Gasteiger partial charge in [-0.05, 0) is 66.1 Å². The molecule has 2 N–H and O–H groups in total. The topological polar surface area (TPSA) is 53.1 Å². The molecule has 0 saturated carbocycles. The van der Waals surface area contributed by atoms with Crippen molar-refractivity contribution in [2.24, 2.45) is 0 Å². The first-order valence-corrected chi connectivity index (χ1v) is 9.94. The van der Waals surface area contributed by atoms with Gasteiger partial charge in [0.25, 0.3) is 0 Å². The van der Waals surface area contributed by atoms with Crippen molar-refractivity contribution in [2.45, 2.75) is 19.9 Å². The van der Waals surface area contributed by atoms with Crippen LogP contribution >= 0.6 is 0 Å². The van der Waals surface area contributed by atoms with E-state index in [-0.39, 0.29) is 0 Å². The molecular weight excluding hydrogens is 358 g/mol. The standard InChI is InChI=1S/C25H25N3O/c1-2-17-29-22-13-11-20(12-14-22)24-16-15-23(19-7-4-3-5-8-19)28(24)18-21-9-6-10-25(26)27-21/h3-16H,2,17-18H2,1H3,(H2,26,27). The summed E-state index contributed by atoms with van der Waals surface area (Å²) in [5.41, 5.74) is 11.4. The molecule has 0 amide bonds. The maximum atomic E-state index is 5.91. The number of nitrogen functional groups attached to an aromatic ring is 1. The van der Waals surface area contributed by atoms with Crippen LogP contribution in [0.3, 0.4) is 0 Å². The summed E-state index contributed by atoms with van der Waals surface area (Å²) in [7, 11) is 0. The van der Waals surface area contributed by atoms with E-state index in [2.05, 4.69) is 65.0 Å². The van der Waals surface area contributed by atoms with Crippen LogP contribution in [0.25, 0.3) is 22.5 Å². The molecule has 2 heterocycles. The second-order valence-corrected chi connectivity index (χ2v) is 6.98. The number of pyridine rings is 1. The molecule has 4 aromatic rings. The minimum absolute atomic E-state index is 0.537. The average Bonchev–Trinajstić information content (AvgIpc) is 3.16. The third kappa shape index (κ3) is 4.32. The Balaban J connectivity index is 1.74. The monoisotopic (exact) mass is 383 g/mol. The highest BCUT2D eigenvalue weighted by Gasteiger charge is 2.13. The quantitative estimate of drug-likeness (QED) is 0.449. The van der Waals surface area contributed by atoms with Crippen LogP contribution in [0.5, 0.6) is 5.75 Å². The van der Waals surface area contributed by atoms with E-state index in [4.69, 9.17) is 10.5 Å². The number of rotatable bonds is 7.